The Labute approximate surface area is 80.0 Å². The minimum atomic E-state index is -0.602. The molecule has 3 fully saturated rings. The lowest BCUT2D eigenvalue weighted by atomic mass is 10.2. The van der Waals surface area contributed by atoms with Crippen LogP contribution in [0.15, 0.2) is 0 Å². The summed E-state index contributed by atoms with van der Waals surface area (Å²) in [4.78, 5) is 11.1. The zero-order valence-corrected chi connectivity index (χ0v) is 9.19. The van der Waals surface area contributed by atoms with Crippen LogP contribution in [0.1, 0.15) is 12.8 Å². The fourth-order valence-electron chi connectivity index (χ4n) is 1.63. The number of carbonyl (C=O) groups excluding carboxylic acids is 1. The highest BCUT2D eigenvalue weighted by Gasteiger charge is 2.36. The van der Waals surface area contributed by atoms with E-state index in [1.807, 2.05) is 0 Å². The molecule has 3 aliphatic rings. The Kier molecular flexibility index (Phi) is 2.07. The van der Waals surface area contributed by atoms with Crippen molar-refractivity contribution >= 4 is 34.4 Å². The Morgan fingerprint density at radius 3 is 2.73 bits per heavy atom. The van der Waals surface area contributed by atoms with E-state index in [1.54, 1.807) is 0 Å². The monoisotopic (exact) mass is 286 g/mol. The number of esters is 1. The van der Waals surface area contributed by atoms with E-state index >= 15 is 0 Å². The van der Waals surface area contributed by atoms with Gasteiger partial charge in [-0.05, 0) is 45.6 Å². The Morgan fingerprint density at radius 2 is 2.09 bits per heavy atom. The Morgan fingerprint density at radius 1 is 1.45 bits per heavy atom. The van der Waals surface area contributed by atoms with Gasteiger partial charge in [0.25, 0.3) is 0 Å². The largest absolute Gasteiger partial charge is 0.462 e. The van der Waals surface area contributed by atoms with Crippen LogP contribution >= 0.6 is 28.4 Å². The van der Waals surface area contributed by atoms with Crippen molar-refractivity contribution in [2.75, 3.05) is 17.3 Å². The lowest BCUT2D eigenvalue weighted by molar-refractivity contribution is -0.145. The second-order valence-corrected chi connectivity index (χ2v) is 11.8. The smallest absolute Gasteiger partial charge is 0.315 e. The number of hydrogen-bond donors (Lipinski definition) is 0. The predicted octanol–water partition coefficient (Wildman–Crippen LogP) is 1.86. The van der Waals surface area contributed by atoms with Gasteiger partial charge in [-0.1, -0.05) is 0 Å². The van der Waals surface area contributed by atoms with E-state index < -0.39 is 7.20 Å². The summed E-state index contributed by atoms with van der Waals surface area (Å²) >= 11 is 2.51. The molecule has 0 radical (unpaired) electrons. The van der Waals surface area contributed by atoms with E-state index in [-0.39, 0.29) is 12.1 Å². The molecule has 2 nitrogen and oxygen atoms in total. The van der Waals surface area contributed by atoms with Crippen molar-refractivity contribution in [3.05, 3.63) is 0 Å². The Hall–Kier alpha value is 0.550. The van der Waals surface area contributed by atoms with Crippen molar-refractivity contribution in [3.8, 4) is 0 Å². The van der Waals surface area contributed by atoms with Gasteiger partial charge in [0.15, 0.2) is 0 Å². The topological polar surface area (TPSA) is 26.3 Å². The lowest BCUT2D eigenvalue weighted by Gasteiger charge is -2.33. The van der Waals surface area contributed by atoms with Crippen molar-refractivity contribution in [3.63, 3.8) is 0 Å². The number of carbonyl (C=O) groups is 1. The average molecular weight is 286 g/mol. The number of hydrogen-bond acceptors (Lipinski definition) is 2. The number of ether oxygens (including phenoxy) is 1. The fraction of sp³-hybridized carbons (Fsp3) is 0.857. The molecule has 0 amide bonds. The maximum absolute atomic E-state index is 11.1. The standard InChI is InChI=1S/C7H11IO2S/c8-11-3-1-6(2-4-11)10-7(9)5-11/h6H,1-5H2. The second-order valence-electron chi connectivity index (χ2n) is 3.18. The van der Waals surface area contributed by atoms with Crippen LogP contribution in [0.3, 0.4) is 0 Å². The van der Waals surface area contributed by atoms with Crippen LogP contribution in [-0.2, 0) is 9.53 Å². The minimum Gasteiger partial charge on any atom is -0.462 e. The van der Waals surface area contributed by atoms with Crippen molar-refractivity contribution in [1.29, 1.82) is 0 Å². The number of fused-ring (bicyclic) bond motifs is 4. The zero-order chi connectivity index (χ0) is 7.90. The summed E-state index contributed by atoms with van der Waals surface area (Å²) < 4.78 is 5.24. The van der Waals surface area contributed by atoms with E-state index in [2.05, 4.69) is 21.2 Å². The highest BCUT2D eigenvalue weighted by atomic mass is 127. The van der Waals surface area contributed by atoms with Gasteiger partial charge in [0.1, 0.15) is 6.10 Å². The molecule has 0 aromatic rings. The molecule has 0 N–H and O–H groups in total. The molecule has 0 unspecified atom stereocenters. The first-order valence-electron chi connectivity index (χ1n) is 3.83. The van der Waals surface area contributed by atoms with Gasteiger partial charge < -0.3 is 4.74 Å². The second kappa shape index (κ2) is 2.80. The van der Waals surface area contributed by atoms with Gasteiger partial charge in [0, 0.05) is 0 Å². The van der Waals surface area contributed by atoms with Crippen molar-refractivity contribution < 1.29 is 9.53 Å². The van der Waals surface area contributed by atoms with Crippen LogP contribution in [0, 0.1) is 0 Å². The molecule has 11 heavy (non-hydrogen) atoms. The predicted molar refractivity (Wildman–Crippen MR) is 55.3 cm³/mol. The number of rotatable bonds is 0. The van der Waals surface area contributed by atoms with Crippen LogP contribution in [0.2, 0.25) is 0 Å². The highest BCUT2D eigenvalue weighted by molar-refractivity contribution is 14.2. The summed E-state index contributed by atoms with van der Waals surface area (Å²) in [7, 11) is -0.602. The molecule has 2 bridgehead atoms. The molecule has 3 saturated heterocycles. The maximum Gasteiger partial charge on any atom is 0.315 e. The third-order valence-corrected chi connectivity index (χ3v) is 8.55. The van der Waals surface area contributed by atoms with Gasteiger partial charge in [-0.3, -0.25) is 4.79 Å². The van der Waals surface area contributed by atoms with Crippen LogP contribution in [0.5, 0.6) is 0 Å². The molecule has 0 aromatic heterocycles. The first-order valence-corrected chi connectivity index (χ1v) is 8.52. The molecule has 0 aliphatic carbocycles. The van der Waals surface area contributed by atoms with E-state index in [0.717, 1.165) is 12.8 Å². The summed E-state index contributed by atoms with van der Waals surface area (Å²) in [6.07, 6.45) is 2.49. The molecular weight excluding hydrogens is 275 g/mol. The Bertz CT molecular complexity index is 187. The first-order chi connectivity index (χ1) is 5.18. The van der Waals surface area contributed by atoms with Gasteiger partial charge in [-0.2, -0.15) is 7.20 Å². The molecule has 0 atom stereocenters. The third-order valence-electron chi connectivity index (χ3n) is 2.29. The first kappa shape index (κ1) is 8.16. The van der Waals surface area contributed by atoms with Gasteiger partial charge in [-0.25, -0.2) is 0 Å². The summed E-state index contributed by atoms with van der Waals surface area (Å²) in [5.74, 6) is 3.24. The van der Waals surface area contributed by atoms with Crippen LogP contribution in [0.4, 0.5) is 0 Å². The van der Waals surface area contributed by atoms with E-state index in [9.17, 15) is 4.79 Å². The van der Waals surface area contributed by atoms with Crippen molar-refractivity contribution in [2.24, 2.45) is 0 Å². The third kappa shape index (κ3) is 1.66. The average Bonchev–Trinajstić information content (AvgIpc) is 2.14. The molecule has 0 spiro atoms. The van der Waals surface area contributed by atoms with Gasteiger partial charge in [0.2, 0.25) is 0 Å². The normalized spacial score (nSPS) is 49.2. The molecule has 0 saturated carbocycles. The molecule has 64 valence electrons. The van der Waals surface area contributed by atoms with Gasteiger partial charge in [0.05, 0.1) is 5.75 Å². The summed E-state index contributed by atoms with van der Waals surface area (Å²) in [5, 5.41) is 0. The van der Waals surface area contributed by atoms with Crippen LogP contribution in [0.25, 0.3) is 0 Å². The molecule has 3 rings (SSSR count). The minimum absolute atomic E-state index is 0.0504. The van der Waals surface area contributed by atoms with Crippen LogP contribution < -0.4 is 0 Å². The van der Waals surface area contributed by atoms with Crippen molar-refractivity contribution in [1.82, 2.24) is 0 Å². The fourth-order valence-corrected chi connectivity index (χ4v) is 6.27. The maximum atomic E-state index is 11.1. The van der Waals surface area contributed by atoms with Gasteiger partial charge >= 0.3 is 5.97 Å². The lowest BCUT2D eigenvalue weighted by Crippen LogP contribution is -2.19. The number of halogens is 1. The van der Waals surface area contributed by atoms with E-state index in [1.165, 1.54) is 11.5 Å². The SMILES string of the molecule is O=C1CS2(I)CCC(CC2)O1. The summed E-state index contributed by atoms with van der Waals surface area (Å²) in [6, 6.07) is 0. The molecular formula is C7H11IO2S. The summed E-state index contributed by atoms with van der Waals surface area (Å²) in [6.45, 7) is 0. The molecule has 3 heterocycles. The van der Waals surface area contributed by atoms with E-state index in [0.29, 0.717) is 5.75 Å². The molecule has 3 aliphatic heterocycles. The van der Waals surface area contributed by atoms with E-state index in [4.69, 9.17) is 4.74 Å². The molecule has 4 heteroatoms. The van der Waals surface area contributed by atoms with Gasteiger partial charge in [-0.15, -0.1) is 0 Å². The zero-order valence-electron chi connectivity index (χ0n) is 6.22. The molecule has 0 aromatic carbocycles. The highest BCUT2D eigenvalue weighted by Crippen LogP contribution is 2.61. The summed E-state index contributed by atoms with van der Waals surface area (Å²) in [5.41, 5.74) is 0. The Balaban J connectivity index is 2.20. The van der Waals surface area contributed by atoms with Crippen LogP contribution in [-0.4, -0.2) is 29.3 Å². The van der Waals surface area contributed by atoms with Crippen molar-refractivity contribution in [2.45, 2.75) is 18.9 Å². The quantitative estimate of drug-likeness (QED) is 0.502.